The maximum Gasteiger partial charge on any atom is 0.417 e. The van der Waals surface area contributed by atoms with Gasteiger partial charge in [-0.05, 0) is 6.07 Å². The number of oxazole rings is 1. The Morgan fingerprint density at radius 3 is 3.06 bits per heavy atom. The highest BCUT2D eigenvalue weighted by Crippen LogP contribution is 2.23. The molecule has 1 heterocycles. The second-order valence-corrected chi connectivity index (χ2v) is 3.71. The predicted octanol–water partition coefficient (Wildman–Crippen LogP) is 0.124. The highest BCUT2D eigenvalue weighted by atomic mass is 16.5. The van der Waals surface area contributed by atoms with Crippen LogP contribution in [0.1, 0.15) is 0 Å². The number of ether oxygens (including phenoxy) is 1. The normalized spacial score (nSPS) is 10.9. The SMILES string of the molecule is Nc1cc2oc(=O)[nH]c2cc1NCCOCCO. The Morgan fingerprint density at radius 1 is 1.44 bits per heavy atom. The van der Waals surface area contributed by atoms with Gasteiger partial charge in [0, 0.05) is 12.6 Å². The van der Waals surface area contributed by atoms with E-state index in [1.54, 1.807) is 12.1 Å². The third-order valence-electron chi connectivity index (χ3n) is 2.39. The minimum Gasteiger partial charge on any atom is -0.408 e. The maximum absolute atomic E-state index is 11.0. The van der Waals surface area contributed by atoms with Gasteiger partial charge < -0.3 is 25.3 Å². The maximum atomic E-state index is 11.0. The molecular formula is C11H15N3O4. The van der Waals surface area contributed by atoms with Gasteiger partial charge in [-0.25, -0.2) is 4.79 Å². The number of aromatic amines is 1. The van der Waals surface area contributed by atoms with Crippen molar-refractivity contribution in [1.82, 2.24) is 4.98 Å². The fourth-order valence-electron chi connectivity index (χ4n) is 1.59. The first-order valence-corrected chi connectivity index (χ1v) is 5.55. The zero-order chi connectivity index (χ0) is 13.0. The van der Waals surface area contributed by atoms with Crippen molar-refractivity contribution in [1.29, 1.82) is 0 Å². The Balaban J connectivity index is 2.03. The van der Waals surface area contributed by atoms with E-state index in [0.29, 0.717) is 42.2 Å². The lowest BCUT2D eigenvalue weighted by Gasteiger charge is -2.09. The summed E-state index contributed by atoms with van der Waals surface area (Å²) in [6, 6.07) is 3.30. The lowest BCUT2D eigenvalue weighted by atomic mass is 10.2. The van der Waals surface area contributed by atoms with E-state index in [-0.39, 0.29) is 6.61 Å². The van der Waals surface area contributed by atoms with Gasteiger partial charge in [0.1, 0.15) is 0 Å². The van der Waals surface area contributed by atoms with Crippen LogP contribution in [-0.2, 0) is 4.74 Å². The number of aliphatic hydroxyl groups is 1. The molecule has 0 aliphatic carbocycles. The fourth-order valence-corrected chi connectivity index (χ4v) is 1.59. The summed E-state index contributed by atoms with van der Waals surface area (Å²) < 4.78 is 10.00. The quantitative estimate of drug-likeness (QED) is 0.429. The van der Waals surface area contributed by atoms with Crippen molar-refractivity contribution in [2.24, 2.45) is 0 Å². The molecule has 0 saturated carbocycles. The number of nitrogen functional groups attached to an aromatic ring is 1. The average Bonchev–Trinajstić information content (AvgIpc) is 2.68. The first-order chi connectivity index (χ1) is 8.70. The molecule has 0 saturated heterocycles. The van der Waals surface area contributed by atoms with Crippen LogP contribution in [0, 0.1) is 0 Å². The van der Waals surface area contributed by atoms with E-state index < -0.39 is 5.76 Å². The highest BCUT2D eigenvalue weighted by molar-refractivity contribution is 5.85. The van der Waals surface area contributed by atoms with E-state index in [4.69, 9.17) is 20.0 Å². The average molecular weight is 253 g/mol. The number of aromatic nitrogens is 1. The molecule has 7 heteroatoms. The minimum absolute atomic E-state index is 0.00432. The molecule has 0 spiro atoms. The van der Waals surface area contributed by atoms with Crippen LogP contribution in [0.4, 0.5) is 11.4 Å². The first-order valence-electron chi connectivity index (χ1n) is 5.55. The molecule has 1 aromatic heterocycles. The van der Waals surface area contributed by atoms with Gasteiger partial charge in [0.25, 0.3) is 0 Å². The molecule has 0 bridgehead atoms. The molecule has 98 valence electrons. The van der Waals surface area contributed by atoms with E-state index in [0.717, 1.165) is 0 Å². The van der Waals surface area contributed by atoms with Crippen molar-refractivity contribution in [3.8, 4) is 0 Å². The van der Waals surface area contributed by atoms with E-state index in [2.05, 4.69) is 10.3 Å². The molecule has 0 amide bonds. The Hall–Kier alpha value is -1.99. The van der Waals surface area contributed by atoms with Crippen LogP contribution in [0.25, 0.3) is 11.1 Å². The van der Waals surface area contributed by atoms with E-state index in [9.17, 15) is 4.79 Å². The molecule has 2 rings (SSSR count). The number of benzene rings is 1. The molecule has 0 aliphatic rings. The van der Waals surface area contributed by atoms with Crippen LogP contribution < -0.4 is 16.8 Å². The van der Waals surface area contributed by atoms with Crippen molar-refractivity contribution in [2.75, 3.05) is 37.4 Å². The van der Waals surface area contributed by atoms with E-state index >= 15 is 0 Å². The number of fused-ring (bicyclic) bond motifs is 1. The zero-order valence-electron chi connectivity index (χ0n) is 9.73. The largest absolute Gasteiger partial charge is 0.417 e. The number of hydrogen-bond donors (Lipinski definition) is 4. The predicted molar refractivity (Wildman–Crippen MR) is 67.6 cm³/mol. The Morgan fingerprint density at radius 2 is 2.28 bits per heavy atom. The van der Waals surface area contributed by atoms with Crippen molar-refractivity contribution in [2.45, 2.75) is 0 Å². The summed E-state index contributed by atoms with van der Waals surface area (Å²) in [4.78, 5) is 13.6. The van der Waals surface area contributed by atoms with Crippen LogP contribution in [0.2, 0.25) is 0 Å². The Labute approximate surface area is 103 Å². The monoisotopic (exact) mass is 253 g/mol. The van der Waals surface area contributed by atoms with E-state index in [1.807, 2.05) is 0 Å². The van der Waals surface area contributed by atoms with Crippen molar-refractivity contribution in [3.05, 3.63) is 22.7 Å². The molecule has 0 fully saturated rings. The summed E-state index contributed by atoms with van der Waals surface area (Å²) in [7, 11) is 0. The molecule has 1 aromatic carbocycles. The third kappa shape index (κ3) is 2.82. The van der Waals surface area contributed by atoms with E-state index in [1.165, 1.54) is 0 Å². The van der Waals surface area contributed by atoms with Gasteiger partial charge in [0.2, 0.25) is 0 Å². The summed E-state index contributed by atoms with van der Waals surface area (Å²) in [5.41, 5.74) is 8.03. The third-order valence-corrected chi connectivity index (χ3v) is 2.39. The minimum atomic E-state index is -0.507. The van der Waals surface area contributed by atoms with Gasteiger partial charge in [-0.2, -0.15) is 0 Å². The van der Waals surface area contributed by atoms with Crippen molar-refractivity contribution < 1.29 is 14.3 Å². The van der Waals surface area contributed by atoms with Gasteiger partial charge >= 0.3 is 5.76 Å². The molecular weight excluding hydrogens is 238 g/mol. The second-order valence-electron chi connectivity index (χ2n) is 3.71. The molecule has 2 aromatic rings. The molecule has 0 aliphatic heterocycles. The smallest absolute Gasteiger partial charge is 0.408 e. The summed E-state index contributed by atoms with van der Waals surface area (Å²) in [5.74, 6) is -0.507. The molecule has 0 atom stereocenters. The van der Waals surface area contributed by atoms with Crippen molar-refractivity contribution >= 4 is 22.5 Å². The topological polar surface area (TPSA) is 114 Å². The van der Waals surface area contributed by atoms with Crippen molar-refractivity contribution in [3.63, 3.8) is 0 Å². The number of hydrogen-bond acceptors (Lipinski definition) is 6. The van der Waals surface area contributed by atoms with Crippen LogP contribution in [-0.4, -0.2) is 36.5 Å². The van der Waals surface area contributed by atoms with Crippen LogP contribution in [0.3, 0.4) is 0 Å². The molecule has 0 radical (unpaired) electrons. The van der Waals surface area contributed by atoms with Crippen LogP contribution >= 0.6 is 0 Å². The van der Waals surface area contributed by atoms with Crippen LogP contribution in [0.15, 0.2) is 21.3 Å². The number of H-pyrrole nitrogens is 1. The molecule has 0 unspecified atom stereocenters. The lowest BCUT2D eigenvalue weighted by molar-refractivity contribution is 0.0992. The number of aliphatic hydroxyl groups excluding tert-OH is 1. The fraction of sp³-hybridized carbons (Fsp3) is 0.364. The van der Waals surface area contributed by atoms with Gasteiger partial charge in [-0.1, -0.05) is 0 Å². The zero-order valence-corrected chi connectivity index (χ0v) is 9.73. The highest BCUT2D eigenvalue weighted by Gasteiger charge is 2.06. The van der Waals surface area contributed by atoms with Gasteiger partial charge in [-0.15, -0.1) is 0 Å². The van der Waals surface area contributed by atoms with Crippen LogP contribution in [0.5, 0.6) is 0 Å². The second kappa shape index (κ2) is 5.56. The molecule has 18 heavy (non-hydrogen) atoms. The molecule has 5 N–H and O–H groups in total. The lowest BCUT2D eigenvalue weighted by Crippen LogP contribution is -2.12. The summed E-state index contributed by atoms with van der Waals surface area (Å²) in [5, 5.41) is 11.6. The summed E-state index contributed by atoms with van der Waals surface area (Å²) >= 11 is 0. The number of nitrogens with two attached hydrogens (primary N) is 1. The Bertz CT molecular complexity index is 575. The summed E-state index contributed by atoms with van der Waals surface area (Å²) in [6.45, 7) is 1.33. The summed E-state index contributed by atoms with van der Waals surface area (Å²) in [6.07, 6.45) is 0. The first kappa shape index (κ1) is 12.5. The van der Waals surface area contributed by atoms with Gasteiger partial charge in [0.05, 0.1) is 36.7 Å². The number of anilines is 2. The Kier molecular flexibility index (Phi) is 3.85. The standard InChI is InChI=1S/C11H15N3O4/c12-7-5-10-9(14-11(16)18-10)6-8(7)13-1-3-17-4-2-15/h5-6,13,15H,1-4,12H2,(H,14,16). The molecule has 7 nitrogen and oxygen atoms in total. The van der Waals surface area contributed by atoms with Gasteiger partial charge in [0.15, 0.2) is 5.58 Å². The van der Waals surface area contributed by atoms with Gasteiger partial charge in [-0.3, -0.25) is 4.98 Å². The number of rotatable bonds is 6. The number of nitrogens with one attached hydrogen (secondary N) is 2.